The first-order valence-electron chi connectivity index (χ1n) is 15.0. The molecule has 0 aliphatic rings. The maximum Gasteiger partial charge on any atom is 0.330 e. The molecule has 0 bridgehead atoms. The summed E-state index contributed by atoms with van der Waals surface area (Å²) in [6.45, 7) is 28.7. The van der Waals surface area contributed by atoms with Gasteiger partial charge in [0.2, 0.25) is 0 Å². The van der Waals surface area contributed by atoms with Crippen molar-refractivity contribution >= 4 is 39.5 Å². The van der Waals surface area contributed by atoms with E-state index in [-0.39, 0.29) is 16.0 Å². The summed E-state index contributed by atoms with van der Waals surface area (Å²) in [4.78, 5) is 12.7. The van der Waals surface area contributed by atoms with Crippen molar-refractivity contribution in [1.82, 2.24) is 0 Å². The van der Waals surface area contributed by atoms with E-state index >= 15 is 0 Å². The zero-order chi connectivity index (χ0) is 31.8. The van der Waals surface area contributed by atoms with E-state index in [4.69, 9.17) is 18.3 Å². The monoisotopic (exact) mass is 630 g/mol. The van der Waals surface area contributed by atoms with Crippen molar-refractivity contribution < 1.29 is 23.1 Å². The number of benzene rings is 1. The molecule has 0 unspecified atom stereocenters. The smallest absolute Gasteiger partial charge is 0.330 e. The van der Waals surface area contributed by atoms with Gasteiger partial charge >= 0.3 is 5.97 Å². The van der Waals surface area contributed by atoms with Crippen LogP contribution in [0.3, 0.4) is 0 Å². The number of thiophene rings is 1. The van der Waals surface area contributed by atoms with Crippen LogP contribution in [0.4, 0.5) is 0 Å². The molecule has 0 saturated heterocycles. The van der Waals surface area contributed by atoms with Gasteiger partial charge in [0.15, 0.2) is 16.6 Å². The Morgan fingerprint density at radius 3 is 2.00 bits per heavy atom. The molecule has 0 amide bonds. The van der Waals surface area contributed by atoms with Crippen LogP contribution in [0, 0.1) is 0 Å². The van der Waals surface area contributed by atoms with Crippen LogP contribution < -0.4 is 4.74 Å². The van der Waals surface area contributed by atoms with Gasteiger partial charge in [0.05, 0.1) is 19.8 Å². The summed E-state index contributed by atoms with van der Waals surface area (Å²) >= 11 is 1.68. The highest BCUT2D eigenvalue weighted by atomic mass is 32.1. The Bertz CT molecular complexity index is 1230. The van der Waals surface area contributed by atoms with Crippen LogP contribution in [0.25, 0.3) is 5.57 Å². The van der Waals surface area contributed by atoms with Gasteiger partial charge in [-0.25, -0.2) is 4.79 Å². The van der Waals surface area contributed by atoms with Gasteiger partial charge in [0.25, 0.3) is 0 Å². The van der Waals surface area contributed by atoms with Gasteiger partial charge in [0, 0.05) is 11.0 Å². The molecule has 0 spiro atoms. The number of hydrogen-bond acceptors (Lipinski definition) is 6. The Morgan fingerprint density at radius 1 is 0.857 bits per heavy atom. The molecule has 0 aliphatic heterocycles. The van der Waals surface area contributed by atoms with E-state index in [2.05, 4.69) is 98.2 Å². The van der Waals surface area contributed by atoms with Crippen LogP contribution in [0.2, 0.25) is 36.3 Å². The molecule has 2 rings (SSSR count). The topological polar surface area (TPSA) is 54.0 Å². The molecule has 234 valence electrons. The Kier molecular flexibility index (Phi) is 13.1. The second kappa shape index (κ2) is 15.2. The minimum Gasteiger partial charge on any atom is -0.488 e. The Balaban J connectivity index is 2.21. The van der Waals surface area contributed by atoms with Crippen LogP contribution in [0.5, 0.6) is 5.75 Å². The van der Waals surface area contributed by atoms with Gasteiger partial charge in [-0.3, -0.25) is 0 Å². The lowest BCUT2D eigenvalue weighted by Gasteiger charge is -2.37. The van der Waals surface area contributed by atoms with E-state index < -0.39 is 16.6 Å². The van der Waals surface area contributed by atoms with Crippen molar-refractivity contribution in [2.75, 3.05) is 6.61 Å². The number of ether oxygens (including phenoxy) is 2. The fraction of sp³-hybridized carbons (Fsp3) is 0.559. The van der Waals surface area contributed by atoms with Crippen LogP contribution in [0.1, 0.15) is 83.4 Å². The van der Waals surface area contributed by atoms with Crippen molar-refractivity contribution in [3.05, 3.63) is 69.4 Å². The summed E-state index contributed by atoms with van der Waals surface area (Å²) in [5.74, 6) is 0.508. The average Bonchev–Trinajstić information content (AvgIpc) is 3.35. The summed E-state index contributed by atoms with van der Waals surface area (Å²) in [6, 6.07) is 8.48. The Labute approximate surface area is 261 Å². The number of hydrogen-bond donors (Lipinski definition) is 0. The highest BCUT2D eigenvalue weighted by molar-refractivity contribution is 7.10. The number of carbonyl (C=O) groups is 1. The van der Waals surface area contributed by atoms with E-state index in [1.165, 1.54) is 6.08 Å². The largest absolute Gasteiger partial charge is 0.488 e. The molecule has 0 aliphatic carbocycles. The summed E-state index contributed by atoms with van der Waals surface area (Å²) in [5.41, 5.74) is 4.61. The third-order valence-electron chi connectivity index (χ3n) is 8.57. The minimum absolute atomic E-state index is 0.135. The summed E-state index contributed by atoms with van der Waals surface area (Å²) < 4.78 is 24.5. The van der Waals surface area contributed by atoms with E-state index in [0.29, 0.717) is 26.4 Å². The molecule has 8 heteroatoms. The first-order valence-corrected chi connectivity index (χ1v) is 21.7. The summed E-state index contributed by atoms with van der Waals surface area (Å²) in [6.07, 6.45) is 6.06. The van der Waals surface area contributed by atoms with Crippen LogP contribution in [-0.4, -0.2) is 29.2 Å². The second-order valence-electron chi connectivity index (χ2n) is 13.8. The molecule has 1 aromatic carbocycles. The van der Waals surface area contributed by atoms with Crippen LogP contribution in [-0.2, 0) is 38.2 Å². The predicted molar refractivity (Wildman–Crippen MR) is 183 cm³/mol. The average molecular weight is 631 g/mol. The van der Waals surface area contributed by atoms with Gasteiger partial charge < -0.3 is 18.3 Å². The Morgan fingerprint density at radius 2 is 1.45 bits per heavy atom. The van der Waals surface area contributed by atoms with Crippen molar-refractivity contribution in [2.45, 2.75) is 118 Å². The third-order valence-corrected chi connectivity index (χ3v) is 18.4. The highest BCUT2D eigenvalue weighted by Gasteiger charge is 2.38. The number of carbonyl (C=O) groups excluding carboxylic acids is 1. The molecule has 0 saturated carbocycles. The van der Waals surface area contributed by atoms with Gasteiger partial charge in [-0.05, 0) is 95.5 Å². The lowest BCUT2D eigenvalue weighted by atomic mass is 10.1. The summed E-state index contributed by atoms with van der Waals surface area (Å²) in [5, 5.41) is 2.43. The molecule has 1 heterocycles. The maximum absolute atomic E-state index is 11.6. The molecule has 1 aromatic heterocycles. The standard InChI is InChI=1S/C34H54O5SSi2/c1-13-26(16-15-17-32(35)36-14-2)29-21-31(40-25-29)24-37-30-19-18-27(22-38-41(9,10)33(3,4)5)28(20-30)23-39-42(11,12)34(6,7)8/h15-21,25H,13-14,22-24H2,1-12H3/b17-15+,26-16+. The van der Waals surface area contributed by atoms with Gasteiger partial charge in [-0.2, -0.15) is 0 Å². The zero-order valence-electron chi connectivity index (χ0n) is 28.1. The number of rotatable bonds is 14. The Hall–Kier alpha value is -1.98. The van der Waals surface area contributed by atoms with Crippen molar-refractivity contribution in [2.24, 2.45) is 0 Å². The first kappa shape index (κ1) is 36.2. The maximum atomic E-state index is 11.6. The van der Waals surface area contributed by atoms with E-state index in [1.807, 2.05) is 12.1 Å². The first-order chi connectivity index (χ1) is 19.4. The molecular formula is C34H54O5SSi2. The van der Waals surface area contributed by atoms with Gasteiger partial charge in [0.1, 0.15) is 12.4 Å². The highest BCUT2D eigenvalue weighted by Crippen LogP contribution is 2.39. The van der Waals surface area contributed by atoms with E-state index in [0.717, 1.165) is 39.3 Å². The number of esters is 1. The third kappa shape index (κ3) is 10.6. The molecule has 0 fully saturated rings. The molecule has 2 aromatic rings. The quantitative estimate of drug-likeness (QED) is 0.0900. The SMILES string of the molecule is CCOC(=O)/C=C/C=C(\CC)c1csc(COc2ccc(CO[Si](C)(C)C(C)(C)C)c(CO[Si](C)(C)C(C)(C)C)c2)c1. The normalized spacial score (nSPS) is 13.6. The van der Waals surface area contributed by atoms with E-state index in [9.17, 15) is 4.79 Å². The van der Waals surface area contributed by atoms with Crippen LogP contribution >= 0.6 is 11.3 Å². The lowest BCUT2D eigenvalue weighted by Crippen LogP contribution is -2.41. The number of allylic oxidation sites excluding steroid dienone is 3. The minimum atomic E-state index is -1.93. The van der Waals surface area contributed by atoms with Crippen molar-refractivity contribution in [3.63, 3.8) is 0 Å². The fourth-order valence-electron chi connectivity index (χ4n) is 3.55. The molecule has 0 atom stereocenters. The molecule has 0 N–H and O–H groups in total. The molecule has 42 heavy (non-hydrogen) atoms. The zero-order valence-corrected chi connectivity index (χ0v) is 30.9. The van der Waals surface area contributed by atoms with Crippen molar-refractivity contribution in [1.29, 1.82) is 0 Å². The van der Waals surface area contributed by atoms with Gasteiger partial charge in [-0.1, -0.05) is 66.7 Å². The van der Waals surface area contributed by atoms with Crippen LogP contribution in [0.15, 0.2) is 47.9 Å². The van der Waals surface area contributed by atoms with Crippen molar-refractivity contribution in [3.8, 4) is 5.75 Å². The fourth-order valence-corrected chi connectivity index (χ4v) is 6.27. The lowest BCUT2D eigenvalue weighted by molar-refractivity contribution is -0.137. The summed E-state index contributed by atoms with van der Waals surface area (Å²) in [7, 11) is -3.82. The second-order valence-corrected chi connectivity index (χ2v) is 24.4. The molecule has 5 nitrogen and oxygen atoms in total. The van der Waals surface area contributed by atoms with Gasteiger partial charge in [-0.15, -0.1) is 11.3 Å². The molecular weight excluding hydrogens is 577 g/mol. The predicted octanol–water partition coefficient (Wildman–Crippen LogP) is 10.3. The van der Waals surface area contributed by atoms with E-state index in [1.54, 1.807) is 24.3 Å². The molecule has 0 radical (unpaired) electrons.